The molecule has 0 radical (unpaired) electrons. The van der Waals surface area contributed by atoms with Crippen molar-refractivity contribution in [1.29, 1.82) is 0 Å². The Hall–Kier alpha value is -2.97. The average Bonchev–Trinajstić information content (AvgIpc) is 2.83. The Balaban J connectivity index is 2.69. The highest BCUT2D eigenvalue weighted by Gasteiger charge is 2.24. The molecule has 0 spiro atoms. The molecule has 2 atom stereocenters. The Bertz CT molecular complexity index is 753. The zero-order chi connectivity index (χ0) is 25.0. The monoisotopic (exact) mass is 474 g/mol. The molecule has 3 N–H and O–H groups in total. The lowest BCUT2D eigenvalue weighted by molar-refractivity contribution is -0.145. The van der Waals surface area contributed by atoms with Crippen LogP contribution in [-0.4, -0.2) is 61.9 Å². The van der Waals surface area contributed by atoms with Crippen LogP contribution in [0.1, 0.15) is 37.7 Å². The molecule has 1 rings (SSSR count). The molecule has 0 unspecified atom stereocenters. The van der Waals surface area contributed by atoms with Gasteiger partial charge in [-0.15, -0.1) is 13.2 Å². The molecule has 0 aliphatic carbocycles. The average molecular weight is 475 g/mol. The molecular formula is C26H38N2O6. The van der Waals surface area contributed by atoms with Crippen molar-refractivity contribution >= 4 is 17.8 Å². The van der Waals surface area contributed by atoms with Crippen LogP contribution < -0.4 is 10.6 Å². The van der Waals surface area contributed by atoms with Gasteiger partial charge in [-0.25, -0.2) is 0 Å². The molecule has 8 heteroatoms. The Kier molecular flexibility index (Phi) is 15.8. The van der Waals surface area contributed by atoms with Crippen LogP contribution in [0.4, 0.5) is 0 Å². The van der Waals surface area contributed by atoms with Crippen LogP contribution in [0, 0.1) is 5.92 Å². The van der Waals surface area contributed by atoms with Gasteiger partial charge in [0.25, 0.3) is 0 Å². The van der Waals surface area contributed by atoms with Crippen molar-refractivity contribution in [2.24, 2.45) is 5.92 Å². The first-order chi connectivity index (χ1) is 16.5. The third-order valence-corrected chi connectivity index (χ3v) is 4.96. The van der Waals surface area contributed by atoms with Gasteiger partial charge in [0, 0.05) is 19.4 Å². The first-order valence-electron chi connectivity index (χ1n) is 11.7. The first-order valence-corrected chi connectivity index (χ1v) is 11.7. The van der Waals surface area contributed by atoms with Crippen LogP contribution in [0.3, 0.4) is 0 Å². The summed E-state index contributed by atoms with van der Waals surface area (Å²) >= 11 is 0. The summed E-state index contributed by atoms with van der Waals surface area (Å²) in [5.41, 5.74) is 0.997. The number of unbranched alkanes of at least 4 members (excludes halogenated alkanes) is 1. The number of amides is 2. The van der Waals surface area contributed by atoms with Gasteiger partial charge in [-0.1, -0.05) is 42.5 Å². The van der Waals surface area contributed by atoms with Gasteiger partial charge in [0.1, 0.15) is 6.61 Å². The van der Waals surface area contributed by atoms with Gasteiger partial charge in [0.05, 0.1) is 31.8 Å². The number of hydrogen-bond acceptors (Lipinski definition) is 6. The highest BCUT2D eigenvalue weighted by atomic mass is 16.5. The number of ether oxygens (including phenoxy) is 2. The van der Waals surface area contributed by atoms with E-state index in [1.165, 1.54) is 0 Å². The zero-order valence-corrected chi connectivity index (χ0v) is 19.9. The fourth-order valence-corrected chi connectivity index (χ4v) is 3.24. The van der Waals surface area contributed by atoms with E-state index < -0.39 is 12.0 Å². The molecular weight excluding hydrogens is 436 g/mol. The summed E-state index contributed by atoms with van der Waals surface area (Å²) in [6, 6.07) is 9.18. The summed E-state index contributed by atoms with van der Waals surface area (Å²) in [6.07, 6.45) is 5.87. The molecule has 0 bridgehead atoms. The summed E-state index contributed by atoms with van der Waals surface area (Å²) in [6.45, 7) is 8.08. The largest absolute Gasteiger partial charge is 0.463 e. The van der Waals surface area contributed by atoms with Gasteiger partial charge in [0.15, 0.2) is 0 Å². The van der Waals surface area contributed by atoms with Crippen molar-refractivity contribution in [3.63, 3.8) is 0 Å². The Labute approximate surface area is 202 Å². The molecule has 34 heavy (non-hydrogen) atoms. The maximum Gasteiger partial charge on any atom is 0.305 e. The lowest BCUT2D eigenvalue weighted by Gasteiger charge is -2.22. The summed E-state index contributed by atoms with van der Waals surface area (Å²) in [5.74, 6) is -1.49. The third-order valence-electron chi connectivity index (χ3n) is 4.96. The van der Waals surface area contributed by atoms with Gasteiger partial charge in [-0.05, 0) is 31.2 Å². The second kappa shape index (κ2) is 18.5. The number of carbonyl (C=O) groups excluding carboxylic acids is 3. The van der Waals surface area contributed by atoms with E-state index in [4.69, 9.17) is 14.6 Å². The molecule has 2 amide bonds. The maximum absolute atomic E-state index is 13.0. The van der Waals surface area contributed by atoms with E-state index in [1.807, 2.05) is 30.3 Å². The number of hydrogen-bond donors (Lipinski definition) is 3. The van der Waals surface area contributed by atoms with Crippen LogP contribution in [0.15, 0.2) is 55.6 Å². The normalized spacial score (nSPS) is 12.3. The molecule has 0 fully saturated rings. The van der Waals surface area contributed by atoms with Crippen LogP contribution in [0.5, 0.6) is 0 Å². The standard InChI is InChI=1S/C26H38N2O6/c1-3-5-7-13-25(31)34-20-23(18-21-11-8-6-9-12-21)28-26(32)22(10-4-2)19-24(30)27-14-16-33-17-15-29/h3-4,6,8-9,11-12,22-23,29H,1-2,5,7,10,13-20H2,(H,27,30)(H,28,32)/t22-,23+/m1/s1. The smallest absolute Gasteiger partial charge is 0.305 e. The van der Waals surface area contributed by atoms with Crippen LogP contribution in [0.25, 0.3) is 0 Å². The number of rotatable bonds is 19. The number of nitrogens with one attached hydrogen (secondary N) is 2. The Morgan fingerprint density at radius 3 is 2.53 bits per heavy atom. The van der Waals surface area contributed by atoms with E-state index in [0.29, 0.717) is 32.2 Å². The minimum Gasteiger partial charge on any atom is -0.463 e. The first kappa shape index (κ1) is 29.1. The SMILES string of the molecule is C=CCCCC(=O)OC[C@H](Cc1ccccc1)NC(=O)[C@H](CC=C)CC(=O)NCCOCCO. The van der Waals surface area contributed by atoms with Gasteiger partial charge in [-0.3, -0.25) is 14.4 Å². The number of allylic oxidation sites excluding steroid dienone is 2. The van der Waals surface area contributed by atoms with Crippen molar-refractivity contribution in [3.05, 3.63) is 61.2 Å². The summed E-state index contributed by atoms with van der Waals surface area (Å²) < 4.78 is 10.5. The fraction of sp³-hybridized carbons (Fsp3) is 0.500. The number of carbonyl (C=O) groups is 3. The van der Waals surface area contributed by atoms with Gasteiger partial charge >= 0.3 is 5.97 Å². The van der Waals surface area contributed by atoms with Crippen molar-refractivity contribution in [2.75, 3.05) is 33.0 Å². The van der Waals surface area contributed by atoms with Crippen molar-refractivity contribution in [2.45, 2.75) is 44.6 Å². The molecule has 0 aromatic heterocycles. The quantitative estimate of drug-likeness (QED) is 0.161. The van der Waals surface area contributed by atoms with E-state index in [0.717, 1.165) is 12.0 Å². The summed E-state index contributed by atoms with van der Waals surface area (Å²) in [5, 5.41) is 14.4. The van der Waals surface area contributed by atoms with E-state index >= 15 is 0 Å². The Morgan fingerprint density at radius 2 is 1.85 bits per heavy atom. The molecule has 0 aliphatic heterocycles. The van der Waals surface area contributed by atoms with Crippen LogP contribution >= 0.6 is 0 Å². The predicted molar refractivity (Wildman–Crippen MR) is 131 cm³/mol. The van der Waals surface area contributed by atoms with Crippen molar-refractivity contribution < 1.29 is 29.0 Å². The second-order valence-electron chi connectivity index (χ2n) is 7.87. The predicted octanol–water partition coefficient (Wildman–Crippen LogP) is 2.32. The van der Waals surface area contributed by atoms with Crippen molar-refractivity contribution in [3.8, 4) is 0 Å². The summed E-state index contributed by atoms with van der Waals surface area (Å²) in [4.78, 5) is 37.3. The molecule has 1 aromatic carbocycles. The highest BCUT2D eigenvalue weighted by molar-refractivity contribution is 5.86. The number of benzene rings is 1. The summed E-state index contributed by atoms with van der Waals surface area (Å²) in [7, 11) is 0. The van der Waals surface area contributed by atoms with Crippen LogP contribution in [0.2, 0.25) is 0 Å². The third kappa shape index (κ3) is 13.5. The minimum atomic E-state index is -0.600. The fourth-order valence-electron chi connectivity index (χ4n) is 3.24. The van der Waals surface area contributed by atoms with Crippen LogP contribution in [-0.2, 0) is 30.3 Å². The molecule has 188 valence electrons. The lowest BCUT2D eigenvalue weighted by Crippen LogP contribution is -2.44. The highest BCUT2D eigenvalue weighted by Crippen LogP contribution is 2.12. The number of aliphatic hydroxyl groups excluding tert-OH is 1. The lowest BCUT2D eigenvalue weighted by atomic mass is 9.98. The second-order valence-corrected chi connectivity index (χ2v) is 7.87. The van der Waals surface area contributed by atoms with E-state index in [9.17, 15) is 14.4 Å². The van der Waals surface area contributed by atoms with E-state index in [-0.39, 0.29) is 50.6 Å². The van der Waals surface area contributed by atoms with E-state index in [2.05, 4.69) is 23.8 Å². The molecule has 8 nitrogen and oxygen atoms in total. The minimum absolute atomic E-state index is 0.00273. The Morgan fingerprint density at radius 1 is 1.09 bits per heavy atom. The topological polar surface area (TPSA) is 114 Å². The van der Waals surface area contributed by atoms with Gasteiger partial charge in [0.2, 0.25) is 11.8 Å². The number of esters is 1. The zero-order valence-electron chi connectivity index (χ0n) is 19.9. The molecule has 0 heterocycles. The van der Waals surface area contributed by atoms with Gasteiger partial charge in [-0.2, -0.15) is 0 Å². The molecule has 0 saturated heterocycles. The van der Waals surface area contributed by atoms with Gasteiger partial charge < -0.3 is 25.2 Å². The molecule has 0 saturated carbocycles. The maximum atomic E-state index is 13.0. The van der Waals surface area contributed by atoms with Crippen molar-refractivity contribution in [1.82, 2.24) is 10.6 Å². The number of aliphatic hydroxyl groups is 1. The molecule has 0 aliphatic rings. The molecule has 1 aromatic rings. The van der Waals surface area contributed by atoms with E-state index in [1.54, 1.807) is 12.2 Å².